The minimum Gasteiger partial charge on any atom is -0.308 e. The zero-order chi connectivity index (χ0) is 23.7. The number of benzene rings is 3. The van der Waals surface area contributed by atoms with Crippen LogP contribution in [0.4, 0.5) is 10.5 Å². The summed E-state index contributed by atoms with van der Waals surface area (Å²) >= 11 is 0. The van der Waals surface area contributed by atoms with Crippen LogP contribution < -0.4 is 10.9 Å². The molecule has 2 heterocycles. The number of rotatable bonds is 5. The van der Waals surface area contributed by atoms with Crippen molar-refractivity contribution in [3.8, 4) is 0 Å². The minimum atomic E-state index is -0.318. The zero-order valence-corrected chi connectivity index (χ0v) is 19.4. The monoisotopic (exact) mass is 452 g/mol. The number of aryl methyl sites for hydroxylation is 1. The highest BCUT2D eigenvalue weighted by Gasteiger charge is 2.37. The average Bonchev–Trinajstić information content (AvgIpc) is 3.29. The van der Waals surface area contributed by atoms with Gasteiger partial charge in [0.1, 0.15) is 5.82 Å². The summed E-state index contributed by atoms with van der Waals surface area (Å²) in [6, 6.07) is 24.5. The molecule has 0 radical (unpaired) electrons. The number of amides is 2. The number of carbonyl (C=O) groups is 1. The van der Waals surface area contributed by atoms with E-state index in [4.69, 9.17) is 4.98 Å². The minimum absolute atomic E-state index is 0.0489. The number of urea groups is 1. The summed E-state index contributed by atoms with van der Waals surface area (Å²) in [5, 5.41) is 3.75. The van der Waals surface area contributed by atoms with Crippen LogP contribution in [0.5, 0.6) is 0 Å². The lowest BCUT2D eigenvalue weighted by molar-refractivity contribution is 0.159. The molecular formula is C28H28N4O2. The van der Waals surface area contributed by atoms with Gasteiger partial charge in [-0.05, 0) is 49.1 Å². The first-order valence-corrected chi connectivity index (χ1v) is 11.8. The average molecular weight is 453 g/mol. The molecule has 0 spiro atoms. The molecule has 3 aromatic carbocycles. The highest BCUT2D eigenvalue weighted by atomic mass is 16.2. The summed E-state index contributed by atoms with van der Waals surface area (Å²) in [6.45, 7) is 4.64. The molecule has 1 aliphatic rings. The Bertz CT molecular complexity index is 1400. The van der Waals surface area contributed by atoms with Crippen LogP contribution in [-0.2, 0) is 13.0 Å². The van der Waals surface area contributed by atoms with Gasteiger partial charge in [0.25, 0.3) is 5.56 Å². The number of para-hydroxylation sites is 2. The molecule has 1 N–H and O–H groups in total. The fraction of sp³-hybridized carbons (Fsp3) is 0.250. The molecule has 2 amide bonds. The molecule has 34 heavy (non-hydrogen) atoms. The predicted molar refractivity (Wildman–Crippen MR) is 135 cm³/mol. The maximum Gasteiger partial charge on any atom is 0.322 e. The topological polar surface area (TPSA) is 67.2 Å². The van der Waals surface area contributed by atoms with Gasteiger partial charge in [0.2, 0.25) is 0 Å². The molecule has 6 heteroatoms. The normalized spacial score (nSPS) is 15.6. The van der Waals surface area contributed by atoms with Crippen molar-refractivity contribution in [2.24, 2.45) is 0 Å². The van der Waals surface area contributed by atoms with Crippen molar-refractivity contribution in [1.29, 1.82) is 0 Å². The van der Waals surface area contributed by atoms with Crippen molar-refractivity contribution < 1.29 is 4.79 Å². The Hall–Kier alpha value is -3.93. The third-order valence-corrected chi connectivity index (χ3v) is 6.72. The number of anilines is 1. The van der Waals surface area contributed by atoms with Gasteiger partial charge >= 0.3 is 6.03 Å². The Morgan fingerprint density at radius 2 is 1.76 bits per heavy atom. The molecule has 5 rings (SSSR count). The summed E-state index contributed by atoms with van der Waals surface area (Å²) in [5.74, 6) is 0.644. The van der Waals surface area contributed by atoms with Gasteiger partial charge in [-0.25, -0.2) is 9.78 Å². The Balaban J connectivity index is 1.59. The van der Waals surface area contributed by atoms with Crippen LogP contribution in [0.15, 0.2) is 83.7 Å². The van der Waals surface area contributed by atoms with Crippen LogP contribution >= 0.6 is 0 Å². The lowest BCUT2D eigenvalue weighted by atomic mass is 10.0. The van der Waals surface area contributed by atoms with Gasteiger partial charge in [-0.2, -0.15) is 0 Å². The number of nitrogens with one attached hydrogen (secondary N) is 1. The summed E-state index contributed by atoms with van der Waals surface area (Å²) in [5.41, 5.74) is 3.53. The number of nitrogens with zero attached hydrogens (tertiary/aromatic N) is 3. The first kappa shape index (κ1) is 21.9. The van der Waals surface area contributed by atoms with E-state index in [1.807, 2.05) is 90.7 Å². The highest BCUT2D eigenvalue weighted by Crippen LogP contribution is 2.36. The van der Waals surface area contributed by atoms with E-state index < -0.39 is 0 Å². The van der Waals surface area contributed by atoms with E-state index in [2.05, 4.69) is 12.2 Å². The molecule has 4 aromatic rings. The van der Waals surface area contributed by atoms with E-state index in [-0.39, 0.29) is 23.7 Å². The lowest BCUT2D eigenvalue weighted by Crippen LogP contribution is -2.40. The molecule has 0 aliphatic carbocycles. The van der Waals surface area contributed by atoms with Gasteiger partial charge in [0, 0.05) is 12.2 Å². The third-order valence-electron chi connectivity index (χ3n) is 6.72. The van der Waals surface area contributed by atoms with Gasteiger partial charge in [-0.1, -0.05) is 67.6 Å². The Morgan fingerprint density at radius 3 is 2.56 bits per heavy atom. The number of aromatic nitrogens is 2. The second-order valence-corrected chi connectivity index (χ2v) is 8.68. The van der Waals surface area contributed by atoms with Crippen LogP contribution in [0, 0.1) is 0 Å². The molecule has 0 saturated heterocycles. The Kier molecular flexibility index (Phi) is 5.88. The second kappa shape index (κ2) is 9.14. The van der Waals surface area contributed by atoms with Crippen molar-refractivity contribution in [2.75, 3.05) is 5.32 Å². The molecule has 1 aromatic heterocycles. The number of hydrogen-bond acceptors (Lipinski definition) is 3. The Labute approximate surface area is 198 Å². The van der Waals surface area contributed by atoms with Crippen LogP contribution in [0.3, 0.4) is 0 Å². The molecule has 0 bridgehead atoms. The van der Waals surface area contributed by atoms with Crippen molar-refractivity contribution in [3.05, 3.63) is 106 Å². The predicted octanol–water partition coefficient (Wildman–Crippen LogP) is 5.70. The molecule has 172 valence electrons. The standard InChI is InChI=1S/C28H28N4O2/c1-3-20-11-7-9-15-23(20)30-28(34)32(19(2)21-12-5-4-6-13-21)25-17-18-31-26(25)29-24-16-10-8-14-22(24)27(31)33/h4-16,19,25H,3,17-18H2,1-2H3,(H,30,34). The maximum atomic E-state index is 13.8. The molecule has 2 atom stereocenters. The quantitative estimate of drug-likeness (QED) is 0.422. The Morgan fingerprint density at radius 1 is 1.06 bits per heavy atom. The van der Waals surface area contributed by atoms with Crippen molar-refractivity contribution in [3.63, 3.8) is 0 Å². The molecule has 2 unspecified atom stereocenters. The summed E-state index contributed by atoms with van der Waals surface area (Å²) in [7, 11) is 0. The second-order valence-electron chi connectivity index (χ2n) is 8.68. The lowest BCUT2D eigenvalue weighted by Gasteiger charge is -2.34. The van der Waals surface area contributed by atoms with Crippen molar-refractivity contribution >= 4 is 22.6 Å². The SMILES string of the molecule is CCc1ccccc1NC(=O)N(C(C)c1ccccc1)C1CCn2c1nc1ccccc1c2=O. The summed E-state index contributed by atoms with van der Waals surface area (Å²) in [4.78, 5) is 33.7. The van der Waals surface area contributed by atoms with Gasteiger partial charge < -0.3 is 10.2 Å². The maximum absolute atomic E-state index is 13.8. The fourth-order valence-corrected chi connectivity index (χ4v) is 4.91. The first-order chi connectivity index (χ1) is 16.6. The van der Waals surface area contributed by atoms with Gasteiger partial charge in [0.15, 0.2) is 0 Å². The van der Waals surface area contributed by atoms with Crippen LogP contribution in [0.2, 0.25) is 0 Å². The molecule has 0 saturated carbocycles. The third kappa shape index (κ3) is 3.85. The molecule has 1 aliphatic heterocycles. The highest BCUT2D eigenvalue weighted by molar-refractivity contribution is 5.91. The van der Waals surface area contributed by atoms with Crippen molar-refractivity contribution in [1.82, 2.24) is 14.5 Å². The number of carbonyl (C=O) groups excluding carboxylic acids is 1. The zero-order valence-electron chi connectivity index (χ0n) is 19.4. The van der Waals surface area contributed by atoms with Crippen molar-refractivity contribution in [2.45, 2.75) is 45.3 Å². The van der Waals surface area contributed by atoms with Gasteiger partial charge in [-0.15, -0.1) is 0 Å². The van der Waals surface area contributed by atoms with E-state index >= 15 is 0 Å². The van der Waals surface area contributed by atoms with Gasteiger partial charge in [-0.3, -0.25) is 9.36 Å². The van der Waals surface area contributed by atoms with Crippen LogP contribution in [0.1, 0.15) is 49.3 Å². The van der Waals surface area contributed by atoms with Crippen LogP contribution in [-0.4, -0.2) is 20.5 Å². The summed E-state index contributed by atoms with van der Waals surface area (Å²) in [6.07, 6.45) is 1.46. The molecule has 0 fully saturated rings. The van der Waals surface area contributed by atoms with E-state index in [1.54, 1.807) is 4.57 Å². The van der Waals surface area contributed by atoms with Crippen LogP contribution in [0.25, 0.3) is 10.9 Å². The summed E-state index contributed by atoms with van der Waals surface area (Å²) < 4.78 is 1.73. The number of fused-ring (bicyclic) bond motifs is 2. The largest absolute Gasteiger partial charge is 0.322 e. The molecule has 6 nitrogen and oxygen atoms in total. The van der Waals surface area contributed by atoms with Gasteiger partial charge in [0.05, 0.1) is 23.0 Å². The smallest absolute Gasteiger partial charge is 0.308 e. The van der Waals surface area contributed by atoms with E-state index in [1.165, 1.54) is 0 Å². The first-order valence-electron chi connectivity index (χ1n) is 11.8. The fourth-order valence-electron chi connectivity index (χ4n) is 4.91. The molecular weight excluding hydrogens is 424 g/mol. The van der Waals surface area contributed by atoms with E-state index in [0.29, 0.717) is 29.7 Å². The van der Waals surface area contributed by atoms with E-state index in [0.717, 1.165) is 23.2 Å². The van der Waals surface area contributed by atoms with E-state index in [9.17, 15) is 9.59 Å². The number of hydrogen-bond donors (Lipinski definition) is 1.